The molecule has 4 amide bonds. The quantitative estimate of drug-likeness (QED) is 0.0710. The fraction of sp³-hybridized carbons (Fsp3) is 0.234. The Morgan fingerprint density at radius 1 is 0.783 bits per heavy atom. The molecule has 2 saturated heterocycles. The van der Waals surface area contributed by atoms with Gasteiger partial charge in [0.15, 0.2) is 11.5 Å². The van der Waals surface area contributed by atoms with Crippen LogP contribution in [0.2, 0.25) is 5.02 Å². The van der Waals surface area contributed by atoms with Crippen molar-refractivity contribution < 1.29 is 29.0 Å². The minimum absolute atomic E-state index is 0.0510. The van der Waals surface area contributed by atoms with Gasteiger partial charge in [-0.3, -0.25) is 24.1 Å². The average Bonchev–Trinajstić information content (AvgIpc) is 3.65. The largest absolute Gasteiger partial charge is 0.504 e. The fourth-order valence-corrected chi connectivity index (χ4v) is 10.7. The number of azo groups is 1. The third-order valence-corrected chi connectivity index (χ3v) is 13.6. The molecule has 11 nitrogen and oxygen atoms in total. The number of rotatable bonds is 8. The minimum atomic E-state index is -1.47. The number of nitrogens with zero attached hydrogens (tertiary/aromatic N) is 5. The van der Waals surface area contributed by atoms with E-state index in [-0.39, 0.29) is 36.2 Å². The summed E-state index contributed by atoms with van der Waals surface area (Å²) in [5.74, 6) is -5.11. The summed E-state index contributed by atoms with van der Waals surface area (Å²) in [5.41, 5.74) is 3.65. The molecule has 5 aromatic rings. The first kappa shape index (κ1) is 39.6. The van der Waals surface area contributed by atoms with E-state index in [4.69, 9.17) is 16.3 Å². The number of benzene rings is 5. The molecule has 1 N–H and O–H groups in total. The van der Waals surface area contributed by atoms with Crippen LogP contribution < -0.4 is 19.4 Å². The molecule has 5 aromatic carbocycles. The van der Waals surface area contributed by atoms with Gasteiger partial charge in [-0.15, -0.1) is 0 Å². The van der Waals surface area contributed by atoms with Crippen molar-refractivity contribution in [2.45, 2.75) is 24.2 Å². The summed E-state index contributed by atoms with van der Waals surface area (Å²) in [6, 6.07) is 34.0. The summed E-state index contributed by atoms with van der Waals surface area (Å²) in [6.07, 6.45) is 2.41. The Morgan fingerprint density at radius 2 is 1.47 bits per heavy atom. The molecule has 0 bridgehead atoms. The number of phenols is 1. The molecule has 0 radical (unpaired) electrons. The number of hydrogen-bond acceptors (Lipinski definition) is 9. The fourth-order valence-electron chi connectivity index (χ4n) is 9.89. The lowest BCUT2D eigenvalue weighted by atomic mass is 9.49. The molecule has 1 saturated carbocycles. The van der Waals surface area contributed by atoms with Crippen LogP contribution >= 0.6 is 34.2 Å². The van der Waals surface area contributed by atoms with Crippen molar-refractivity contribution in [1.82, 2.24) is 0 Å². The summed E-state index contributed by atoms with van der Waals surface area (Å²) in [5, 5.41) is 20.1. The Balaban J connectivity index is 1.13. The Kier molecular flexibility index (Phi) is 10.1. The van der Waals surface area contributed by atoms with Crippen LogP contribution in [-0.4, -0.2) is 49.9 Å². The van der Waals surface area contributed by atoms with E-state index >= 15 is 9.59 Å². The highest BCUT2D eigenvalue weighted by Crippen LogP contribution is 2.65. The van der Waals surface area contributed by atoms with Crippen LogP contribution in [0.3, 0.4) is 0 Å². The van der Waals surface area contributed by atoms with Crippen LogP contribution in [0.25, 0.3) is 0 Å². The number of ether oxygens (including phenoxy) is 1. The smallest absolute Gasteiger partial charge is 0.246 e. The first-order chi connectivity index (χ1) is 28.9. The van der Waals surface area contributed by atoms with Gasteiger partial charge in [0, 0.05) is 30.7 Å². The molecule has 13 heteroatoms. The third kappa shape index (κ3) is 6.21. The lowest BCUT2D eigenvalue weighted by Gasteiger charge is -2.50. The highest BCUT2D eigenvalue weighted by molar-refractivity contribution is 14.1. The zero-order valence-corrected chi connectivity index (χ0v) is 35.7. The molecule has 2 heterocycles. The predicted molar refractivity (Wildman–Crippen MR) is 237 cm³/mol. The van der Waals surface area contributed by atoms with Crippen LogP contribution in [-0.2, 0) is 24.6 Å². The Labute approximate surface area is 365 Å². The predicted octanol–water partition coefficient (Wildman–Crippen LogP) is 9.51. The van der Waals surface area contributed by atoms with Crippen molar-refractivity contribution in [1.29, 1.82) is 0 Å². The molecular formula is C47H39ClIN5O6. The number of fused-ring (bicyclic) bond motifs is 4. The maximum atomic E-state index is 15.5. The average molecular weight is 932 g/mol. The number of methoxy groups -OCH3 is 1. The molecule has 6 unspecified atom stereocenters. The van der Waals surface area contributed by atoms with Crippen LogP contribution in [0.1, 0.15) is 29.9 Å². The van der Waals surface area contributed by atoms with E-state index in [0.717, 1.165) is 11.3 Å². The maximum absolute atomic E-state index is 15.5. The standard InChI is InChI=1S/C47H39ClIN5O6/c1-52(2)31-16-12-29(13-17-31)50-51-30-14-18-32(19-15-30)53-43(56)35-21-20-34-36(40(35)45(53)58)25-37-44(57)54(33-11-7-10-28(48)24-33)46(59)47(37,27-8-5-4-6-9-27)41(34)26-22-38(49)42(55)39(23-26)60-3/h4-20,22-24,35-37,40-41,55H,21,25H2,1-3H3. The van der Waals surface area contributed by atoms with Crippen LogP contribution in [0.5, 0.6) is 11.5 Å². The summed E-state index contributed by atoms with van der Waals surface area (Å²) in [6.45, 7) is 0. The molecule has 3 fully saturated rings. The summed E-state index contributed by atoms with van der Waals surface area (Å²) in [7, 11) is 5.39. The number of allylic oxidation sites excluding steroid dienone is 2. The second-order valence-corrected chi connectivity index (χ2v) is 17.4. The van der Waals surface area contributed by atoms with Gasteiger partial charge in [0.2, 0.25) is 23.6 Å². The molecule has 2 aliphatic carbocycles. The van der Waals surface area contributed by atoms with E-state index in [1.54, 1.807) is 54.6 Å². The van der Waals surface area contributed by atoms with Crippen LogP contribution in [0, 0.1) is 27.2 Å². The first-order valence-corrected chi connectivity index (χ1v) is 21.0. The number of anilines is 3. The molecule has 0 spiro atoms. The molecule has 2 aliphatic heterocycles. The summed E-state index contributed by atoms with van der Waals surface area (Å²) in [4.78, 5) is 64.3. The van der Waals surface area contributed by atoms with Crippen LogP contribution in [0.4, 0.5) is 28.4 Å². The molecule has 0 aromatic heterocycles. The Hall–Kier alpha value is -5.86. The van der Waals surface area contributed by atoms with Gasteiger partial charge in [-0.2, -0.15) is 10.2 Å². The third-order valence-electron chi connectivity index (χ3n) is 12.5. The number of phenolic OH excluding ortho intramolecular Hbond substituents is 1. The van der Waals surface area contributed by atoms with E-state index in [1.807, 2.05) is 108 Å². The highest BCUT2D eigenvalue weighted by atomic mass is 127. The van der Waals surface area contributed by atoms with Crippen molar-refractivity contribution in [2.75, 3.05) is 35.9 Å². The molecule has 9 rings (SSSR count). The topological polar surface area (TPSA) is 132 Å². The summed E-state index contributed by atoms with van der Waals surface area (Å²) < 4.78 is 6.14. The van der Waals surface area contributed by atoms with Crippen molar-refractivity contribution in [3.8, 4) is 11.5 Å². The van der Waals surface area contributed by atoms with E-state index in [9.17, 15) is 14.7 Å². The van der Waals surface area contributed by atoms with Crippen molar-refractivity contribution >= 4 is 86.3 Å². The Morgan fingerprint density at radius 3 is 2.12 bits per heavy atom. The van der Waals surface area contributed by atoms with Gasteiger partial charge >= 0.3 is 0 Å². The lowest BCUT2D eigenvalue weighted by molar-refractivity contribution is -0.127. The maximum Gasteiger partial charge on any atom is 0.246 e. The van der Waals surface area contributed by atoms with Gasteiger partial charge in [0.25, 0.3) is 0 Å². The van der Waals surface area contributed by atoms with E-state index < -0.39 is 46.8 Å². The SMILES string of the molecule is COc1cc(C2C3=CCC4C(=O)N(c5ccc(N=Nc6ccc(N(C)C)cc6)cc5)C(=O)C4C3CC3C(=O)N(c4cccc(Cl)c4)C(=O)C32c2ccccc2)cc(I)c1O. The Bertz CT molecular complexity index is 2640. The monoisotopic (exact) mass is 931 g/mol. The van der Waals surface area contributed by atoms with Crippen molar-refractivity contribution in [3.05, 3.63) is 147 Å². The number of amides is 4. The molecule has 4 aliphatic rings. The second-order valence-electron chi connectivity index (χ2n) is 15.8. The van der Waals surface area contributed by atoms with E-state index in [0.29, 0.717) is 42.5 Å². The van der Waals surface area contributed by atoms with Crippen molar-refractivity contribution in [2.24, 2.45) is 33.9 Å². The number of imide groups is 2. The van der Waals surface area contributed by atoms with Gasteiger partial charge in [0.1, 0.15) is 0 Å². The number of halogens is 2. The van der Waals surface area contributed by atoms with E-state index in [2.05, 4.69) is 10.2 Å². The van der Waals surface area contributed by atoms with Gasteiger partial charge < -0.3 is 14.7 Å². The molecule has 60 heavy (non-hydrogen) atoms. The van der Waals surface area contributed by atoms with E-state index in [1.165, 1.54) is 16.9 Å². The second kappa shape index (κ2) is 15.3. The first-order valence-electron chi connectivity index (χ1n) is 19.6. The van der Waals surface area contributed by atoms with Gasteiger partial charge in [-0.05, 0) is 131 Å². The highest BCUT2D eigenvalue weighted by Gasteiger charge is 2.70. The number of hydrogen-bond donors (Lipinski definition) is 1. The minimum Gasteiger partial charge on any atom is -0.504 e. The van der Waals surface area contributed by atoms with Gasteiger partial charge in [-0.25, -0.2) is 4.90 Å². The van der Waals surface area contributed by atoms with Crippen LogP contribution in [0.15, 0.2) is 137 Å². The zero-order chi connectivity index (χ0) is 42.0. The lowest BCUT2D eigenvalue weighted by Crippen LogP contribution is -2.53. The number of carbonyl (C=O) groups excluding carboxylic acids is 4. The molecular weight excluding hydrogens is 893 g/mol. The van der Waals surface area contributed by atoms with Gasteiger partial charge in [0.05, 0.1) is 56.6 Å². The zero-order valence-electron chi connectivity index (χ0n) is 32.8. The molecule has 302 valence electrons. The molecule has 6 atom stereocenters. The number of carbonyl (C=O) groups is 4. The summed E-state index contributed by atoms with van der Waals surface area (Å²) >= 11 is 8.48. The van der Waals surface area contributed by atoms with Gasteiger partial charge in [-0.1, -0.05) is 59.6 Å². The number of aromatic hydroxyl groups is 1. The van der Waals surface area contributed by atoms with Crippen molar-refractivity contribution in [3.63, 3.8) is 0 Å². The normalized spacial score (nSPS) is 24.7.